The number of ketones is 1. The van der Waals surface area contributed by atoms with Crippen LogP contribution in [0.4, 0.5) is 0 Å². The van der Waals surface area contributed by atoms with Gasteiger partial charge in [-0.3, -0.25) is 9.59 Å². The van der Waals surface area contributed by atoms with E-state index < -0.39 is 0 Å². The van der Waals surface area contributed by atoms with Gasteiger partial charge in [0.1, 0.15) is 5.69 Å². The first-order chi connectivity index (χ1) is 8.85. The van der Waals surface area contributed by atoms with Crippen LogP contribution in [0, 0.1) is 5.41 Å². The summed E-state index contributed by atoms with van der Waals surface area (Å²) >= 11 is 0. The molecular weight excluding hydrogens is 244 g/mol. The maximum absolute atomic E-state index is 11.9. The number of hydrogen-bond acceptors (Lipinski definition) is 3. The minimum absolute atomic E-state index is 0.0611. The standard InChI is InChI=1S/C14H22N2O3/c1-10(18)11-7-12(15-8-11)13(19)16-9-14(2,3)5-4-6-17/h7-8,15,17H,4-6,9H2,1-3H3,(H,16,19). The highest BCUT2D eigenvalue weighted by molar-refractivity contribution is 5.99. The highest BCUT2D eigenvalue weighted by Crippen LogP contribution is 2.20. The van der Waals surface area contributed by atoms with Gasteiger partial charge in [0, 0.05) is 24.9 Å². The van der Waals surface area contributed by atoms with E-state index in [4.69, 9.17) is 5.11 Å². The molecule has 0 aromatic carbocycles. The summed E-state index contributed by atoms with van der Waals surface area (Å²) in [5.74, 6) is -0.289. The second kappa shape index (κ2) is 6.52. The third-order valence-corrected chi connectivity index (χ3v) is 3.07. The van der Waals surface area contributed by atoms with Crippen LogP contribution in [-0.2, 0) is 0 Å². The first-order valence-electron chi connectivity index (χ1n) is 6.44. The van der Waals surface area contributed by atoms with Crippen molar-refractivity contribution in [2.75, 3.05) is 13.2 Å². The summed E-state index contributed by atoms with van der Waals surface area (Å²) in [6.07, 6.45) is 3.10. The van der Waals surface area contributed by atoms with Gasteiger partial charge in [-0.25, -0.2) is 0 Å². The molecule has 0 bridgehead atoms. The van der Waals surface area contributed by atoms with Gasteiger partial charge in [-0.15, -0.1) is 0 Å². The monoisotopic (exact) mass is 266 g/mol. The summed E-state index contributed by atoms with van der Waals surface area (Å²) in [6.45, 7) is 6.23. The van der Waals surface area contributed by atoms with E-state index in [-0.39, 0.29) is 23.7 Å². The molecule has 3 N–H and O–H groups in total. The summed E-state index contributed by atoms with van der Waals surface area (Å²) in [5, 5.41) is 11.7. The summed E-state index contributed by atoms with van der Waals surface area (Å²) in [4.78, 5) is 25.8. The third-order valence-electron chi connectivity index (χ3n) is 3.07. The molecule has 0 aliphatic rings. The molecule has 1 aromatic rings. The Labute approximate surface area is 113 Å². The van der Waals surface area contributed by atoms with Gasteiger partial charge in [0.05, 0.1) is 0 Å². The molecule has 106 valence electrons. The number of carbonyl (C=O) groups excluding carboxylic acids is 2. The maximum Gasteiger partial charge on any atom is 0.267 e. The van der Waals surface area contributed by atoms with Gasteiger partial charge in [-0.05, 0) is 31.2 Å². The number of aromatic amines is 1. The minimum Gasteiger partial charge on any atom is -0.396 e. The number of hydrogen-bond donors (Lipinski definition) is 3. The first-order valence-corrected chi connectivity index (χ1v) is 6.44. The second-order valence-electron chi connectivity index (χ2n) is 5.53. The van der Waals surface area contributed by atoms with E-state index in [1.807, 2.05) is 13.8 Å². The lowest BCUT2D eigenvalue weighted by molar-refractivity contribution is 0.0928. The fraction of sp³-hybridized carbons (Fsp3) is 0.571. The molecule has 5 heteroatoms. The van der Waals surface area contributed by atoms with Crippen LogP contribution in [0.1, 0.15) is 54.5 Å². The van der Waals surface area contributed by atoms with Crippen molar-refractivity contribution >= 4 is 11.7 Å². The molecule has 0 radical (unpaired) electrons. The lowest BCUT2D eigenvalue weighted by Crippen LogP contribution is -2.34. The van der Waals surface area contributed by atoms with Crippen LogP contribution in [0.2, 0.25) is 0 Å². The van der Waals surface area contributed by atoms with E-state index in [1.54, 1.807) is 6.07 Å². The number of H-pyrrole nitrogens is 1. The van der Waals surface area contributed by atoms with Crippen molar-refractivity contribution in [2.45, 2.75) is 33.6 Å². The fourth-order valence-corrected chi connectivity index (χ4v) is 1.79. The Morgan fingerprint density at radius 1 is 1.42 bits per heavy atom. The quantitative estimate of drug-likeness (QED) is 0.657. The lowest BCUT2D eigenvalue weighted by Gasteiger charge is -2.24. The van der Waals surface area contributed by atoms with Crippen molar-refractivity contribution < 1.29 is 14.7 Å². The molecule has 1 rings (SSSR count). The molecule has 0 saturated heterocycles. The Bertz CT molecular complexity index is 449. The molecule has 0 spiro atoms. The van der Waals surface area contributed by atoms with Gasteiger partial charge in [-0.1, -0.05) is 13.8 Å². The number of Topliss-reactive ketones (excluding diaryl/α,β-unsaturated/α-hetero) is 1. The molecule has 1 aromatic heterocycles. The molecule has 0 aliphatic carbocycles. The number of aromatic nitrogens is 1. The zero-order valence-electron chi connectivity index (χ0n) is 11.7. The Morgan fingerprint density at radius 3 is 2.63 bits per heavy atom. The molecular formula is C14H22N2O3. The van der Waals surface area contributed by atoms with Crippen molar-refractivity contribution in [3.8, 4) is 0 Å². The lowest BCUT2D eigenvalue weighted by atomic mass is 9.88. The number of amides is 1. The van der Waals surface area contributed by atoms with Gasteiger partial charge in [0.15, 0.2) is 5.78 Å². The van der Waals surface area contributed by atoms with Crippen molar-refractivity contribution in [2.24, 2.45) is 5.41 Å². The van der Waals surface area contributed by atoms with Gasteiger partial charge in [0.25, 0.3) is 5.91 Å². The number of aliphatic hydroxyl groups excluding tert-OH is 1. The van der Waals surface area contributed by atoms with Crippen molar-refractivity contribution in [1.82, 2.24) is 10.3 Å². The fourth-order valence-electron chi connectivity index (χ4n) is 1.79. The normalized spacial score (nSPS) is 11.4. The molecule has 0 aliphatic heterocycles. The average molecular weight is 266 g/mol. The molecule has 0 unspecified atom stereocenters. The number of carbonyl (C=O) groups is 2. The number of nitrogens with one attached hydrogen (secondary N) is 2. The minimum atomic E-state index is -0.218. The van der Waals surface area contributed by atoms with Gasteiger partial charge in [-0.2, -0.15) is 0 Å². The molecule has 0 atom stereocenters. The Kier molecular flexibility index (Phi) is 5.30. The number of rotatable bonds is 7. The highest BCUT2D eigenvalue weighted by Gasteiger charge is 2.19. The topological polar surface area (TPSA) is 82.2 Å². The zero-order valence-corrected chi connectivity index (χ0v) is 11.7. The summed E-state index contributed by atoms with van der Waals surface area (Å²) in [7, 11) is 0. The first kappa shape index (κ1) is 15.4. The van der Waals surface area contributed by atoms with Crippen LogP contribution in [0.15, 0.2) is 12.3 Å². The van der Waals surface area contributed by atoms with E-state index in [0.717, 1.165) is 12.8 Å². The maximum atomic E-state index is 11.9. The van der Waals surface area contributed by atoms with E-state index >= 15 is 0 Å². The van der Waals surface area contributed by atoms with Crippen LogP contribution in [0.5, 0.6) is 0 Å². The average Bonchev–Trinajstić information content (AvgIpc) is 2.83. The van der Waals surface area contributed by atoms with Crippen molar-refractivity contribution in [3.05, 3.63) is 23.5 Å². The van der Waals surface area contributed by atoms with Gasteiger partial charge in [0.2, 0.25) is 0 Å². The van der Waals surface area contributed by atoms with Crippen molar-refractivity contribution in [1.29, 1.82) is 0 Å². The Balaban J connectivity index is 2.52. The molecule has 19 heavy (non-hydrogen) atoms. The molecule has 0 saturated carbocycles. The van der Waals surface area contributed by atoms with Crippen LogP contribution in [0.25, 0.3) is 0 Å². The van der Waals surface area contributed by atoms with Crippen LogP contribution < -0.4 is 5.32 Å². The largest absolute Gasteiger partial charge is 0.396 e. The Morgan fingerprint density at radius 2 is 2.11 bits per heavy atom. The molecule has 1 heterocycles. The van der Waals surface area contributed by atoms with Crippen LogP contribution in [-0.4, -0.2) is 34.9 Å². The SMILES string of the molecule is CC(=O)c1c[nH]c(C(=O)NCC(C)(C)CCCO)c1. The predicted molar refractivity (Wildman–Crippen MR) is 73.2 cm³/mol. The molecule has 0 fully saturated rings. The third kappa shape index (κ3) is 4.87. The number of aliphatic hydroxyl groups is 1. The van der Waals surface area contributed by atoms with Crippen LogP contribution >= 0.6 is 0 Å². The molecule has 5 nitrogen and oxygen atoms in total. The zero-order chi connectivity index (χ0) is 14.5. The second-order valence-corrected chi connectivity index (χ2v) is 5.53. The smallest absolute Gasteiger partial charge is 0.267 e. The van der Waals surface area contributed by atoms with Crippen molar-refractivity contribution in [3.63, 3.8) is 0 Å². The predicted octanol–water partition coefficient (Wildman–Crippen LogP) is 1.75. The van der Waals surface area contributed by atoms with E-state index in [1.165, 1.54) is 13.1 Å². The van der Waals surface area contributed by atoms with Crippen LogP contribution in [0.3, 0.4) is 0 Å². The summed E-state index contributed by atoms with van der Waals surface area (Å²) in [6, 6.07) is 1.55. The van der Waals surface area contributed by atoms with Gasteiger partial charge < -0.3 is 15.4 Å². The van der Waals surface area contributed by atoms with E-state index in [9.17, 15) is 9.59 Å². The van der Waals surface area contributed by atoms with E-state index in [0.29, 0.717) is 17.8 Å². The van der Waals surface area contributed by atoms with Gasteiger partial charge >= 0.3 is 0 Å². The van der Waals surface area contributed by atoms with E-state index in [2.05, 4.69) is 10.3 Å². The summed E-state index contributed by atoms with van der Waals surface area (Å²) in [5.41, 5.74) is 0.835. The Hall–Kier alpha value is -1.62. The summed E-state index contributed by atoms with van der Waals surface area (Å²) < 4.78 is 0. The highest BCUT2D eigenvalue weighted by atomic mass is 16.3. The molecule has 1 amide bonds.